The summed E-state index contributed by atoms with van der Waals surface area (Å²) >= 11 is 3.23. The molecule has 0 aliphatic rings. The van der Waals surface area contributed by atoms with Crippen LogP contribution in [0.3, 0.4) is 0 Å². The van der Waals surface area contributed by atoms with Crippen LogP contribution in [-0.2, 0) is 0 Å². The molecule has 94 valence electrons. The molecule has 0 amide bonds. The Kier molecular flexibility index (Phi) is 3.73. The van der Waals surface area contributed by atoms with Crippen LogP contribution < -0.4 is 4.74 Å². The van der Waals surface area contributed by atoms with E-state index >= 15 is 0 Å². The Morgan fingerprint density at radius 3 is 2.89 bits per heavy atom. The lowest BCUT2D eigenvalue weighted by Gasteiger charge is -2.06. The van der Waals surface area contributed by atoms with E-state index in [1.807, 2.05) is 6.07 Å². The van der Waals surface area contributed by atoms with Crippen LogP contribution in [0, 0.1) is 11.3 Å². The van der Waals surface area contributed by atoms with Crippen molar-refractivity contribution in [3.63, 3.8) is 0 Å². The van der Waals surface area contributed by atoms with Crippen molar-refractivity contribution in [3.05, 3.63) is 46.2 Å². The van der Waals surface area contributed by atoms with Gasteiger partial charge in [-0.15, -0.1) is 0 Å². The van der Waals surface area contributed by atoms with Crippen LogP contribution in [0.1, 0.15) is 16.1 Å². The van der Waals surface area contributed by atoms with E-state index in [1.54, 1.807) is 6.07 Å². The molecule has 7 heteroatoms. The lowest BCUT2D eigenvalue weighted by atomic mass is 10.2. The molecule has 1 aromatic carbocycles. The van der Waals surface area contributed by atoms with Crippen molar-refractivity contribution in [2.45, 2.75) is 0 Å². The zero-order valence-corrected chi connectivity index (χ0v) is 11.0. The van der Waals surface area contributed by atoms with Crippen molar-refractivity contribution < 1.29 is 14.6 Å². The second kappa shape index (κ2) is 5.46. The molecule has 2 aromatic rings. The van der Waals surface area contributed by atoms with Crippen molar-refractivity contribution in [2.24, 2.45) is 0 Å². The molecule has 0 radical (unpaired) electrons. The molecule has 0 spiro atoms. The molecule has 0 atom stereocenters. The summed E-state index contributed by atoms with van der Waals surface area (Å²) in [6.07, 6.45) is 1.38. The summed E-state index contributed by atoms with van der Waals surface area (Å²) in [5.41, 5.74) is 0.241. The van der Waals surface area contributed by atoms with Crippen molar-refractivity contribution in [1.82, 2.24) is 9.97 Å². The van der Waals surface area contributed by atoms with Crippen LogP contribution >= 0.6 is 15.9 Å². The normalized spacial score (nSPS) is 9.68. The van der Waals surface area contributed by atoms with E-state index in [1.165, 1.54) is 24.4 Å². The number of benzene rings is 1. The second-order valence-electron chi connectivity index (χ2n) is 3.39. The van der Waals surface area contributed by atoms with Crippen LogP contribution in [0.2, 0.25) is 0 Å². The Labute approximate surface area is 116 Å². The van der Waals surface area contributed by atoms with Gasteiger partial charge in [0.15, 0.2) is 0 Å². The lowest BCUT2D eigenvalue weighted by Crippen LogP contribution is -1.98. The molecule has 1 heterocycles. The molecule has 0 aliphatic heterocycles. The summed E-state index contributed by atoms with van der Waals surface area (Å²) in [6.45, 7) is 0. The highest BCUT2D eigenvalue weighted by Gasteiger charge is 2.10. The topological polar surface area (TPSA) is 96.1 Å². The van der Waals surface area contributed by atoms with E-state index in [-0.39, 0.29) is 23.0 Å². The third-order valence-corrected chi connectivity index (χ3v) is 2.78. The number of aromatic nitrogens is 2. The molecule has 0 saturated carbocycles. The SMILES string of the molecule is N#Cc1ccnc(Oc2cc(C(=O)O)ccc2Br)n1. The molecular weight excluding hydrogens is 314 g/mol. The molecular formula is C12H6BrN3O3. The van der Waals surface area contributed by atoms with E-state index in [9.17, 15) is 4.79 Å². The fourth-order valence-corrected chi connectivity index (χ4v) is 1.59. The van der Waals surface area contributed by atoms with Gasteiger partial charge in [-0.3, -0.25) is 0 Å². The Morgan fingerprint density at radius 1 is 1.42 bits per heavy atom. The number of carbonyl (C=O) groups is 1. The molecule has 2 rings (SSSR count). The monoisotopic (exact) mass is 319 g/mol. The van der Waals surface area contributed by atoms with E-state index in [0.717, 1.165) is 0 Å². The van der Waals surface area contributed by atoms with Crippen LogP contribution in [0.5, 0.6) is 11.8 Å². The first-order chi connectivity index (χ1) is 9.10. The number of halogens is 1. The van der Waals surface area contributed by atoms with Gasteiger partial charge in [-0.25, -0.2) is 9.78 Å². The van der Waals surface area contributed by atoms with Gasteiger partial charge < -0.3 is 9.84 Å². The average Bonchev–Trinajstić information content (AvgIpc) is 2.41. The molecule has 1 aromatic heterocycles. The van der Waals surface area contributed by atoms with Gasteiger partial charge in [-0.1, -0.05) is 0 Å². The number of aromatic carboxylic acids is 1. The van der Waals surface area contributed by atoms with Gasteiger partial charge in [0, 0.05) is 6.20 Å². The Morgan fingerprint density at radius 2 is 2.21 bits per heavy atom. The fraction of sp³-hybridized carbons (Fsp3) is 0. The predicted molar refractivity (Wildman–Crippen MR) is 67.9 cm³/mol. The van der Waals surface area contributed by atoms with Crippen LogP contribution in [0.4, 0.5) is 0 Å². The molecule has 6 nitrogen and oxygen atoms in total. The number of carboxylic acid groups (broad SMARTS) is 1. The smallest absolute Gasteiger partial charge is 0.335 e. The first kappa shape index (κ1) is 13.0. The number of nitriles is 1. The largest absolute Gasteiger partial charge is 0.478 e. The van der Waals surface area contributed by atoms with Crippen LogP contribution in [0.15, 0.2) is 34.9 Å². The molecule has 19 heavy (non-hydrogen) atoms. The quantitative estimate of drug-likeness (QED) is 0.934. The number of ether oxygens (including phenoxy) is 1. The van der Waals surface area contributed by atoms with Crippen molar-refractivity contribution in [1.29, 1.82) is 5.26 Å². The summed E-state index contributed by atoms with van der Waals surface area (Å²) in [5.74, 6) is -0.806. The maximum Gasteiger partial charge on any atom is 0.335 e. The van der Waals surface area contributed by atoms with E-state index in [2.05, 4.69) is 25.9 Å². The standard InChI is InChI=1S/C12H6BrN3O3/c13-9-2-1-7(11(17)18)5-10(9)19-12-15-4-3-8(6-14)16-12/h1-5H,(H,17,18). The third-order valence-electron chi connectivity index (χ3n) is 2.13. The predicted octanol–water partition coefficient (Wildman–Crippen LogP) is 2.60. The Balaban J connectivity index is 2.34. The minimum atomic E-state index is -1.07. The summed E-state index contributed by atoms with van der Waals surface area (Å²) in [5, 5.41) is 17.6. The molecule has 0 fully saturated rings. The molecule has 0 bridgehead atoms. The van der Waals surface area contributed by atoms with Gasteiger partial charge in [-0.2, -0.15) is 10.2 Å². The van der Waals surface area contributed by atoms with Crippen molar-refractivity contribution in [3.8, 4) is 17.8 Å². The van der Waals surface area contributed by atoms with Gasteiger partial charge in [0.25, 0.3) is 0 Å². The number of hydrogen-bond acceptors (Lipinski definition) is 5. The van der Waals surface area contributed by atoms with Gasteiger partial charge in [0.2, 0.25) is 0 Å². The van der Waals surface area contributed by atoms with E-state index in [4.69, 9.17) is 15.1 Å². The zero-order chi connectivity index (χ0) is 13.8. The molecule has 0 saturated heterocycles. The third kappa shape index (κ3) is 3.05. The summed E-state index contributed by atoms with van der Waals surface area (Å²) in [6, 6.07) is 7.60. The van der Waals surface area contributed by atoms with E-state index in [0.29, 0.717) is 4.47 Å². The van der Waals surface area contributed by atoms with Crippen LogP contribution in [-0.4, -0.2) is 21.0 Å². The summed E-state index contributed by atoms with van der Waals surface area (Å²) in [4.78, 5) is 18.6. The zero-order valence-electron chi connectivity index (χ0n) is 9.37. The van der Waals surface area contributed by atoms with Crippen LogP contribution in [0.25, 0.3) is 0 Å². The number of carboxylic acids is 1. The number of hydrogen-bond donors (Lipinski definition) is 1. The first-order valence-electron chi connectivity index (χ1n) is 5.04. The van der Waals surface area contributed by atoms with Gasteiger partial charge in [0.05, 0.1) is 10.0 Å². The fourth-order valence-electron chi connectivity index (χ4n) is 1.27. The highest BCUT2D eigenvalue weighted by molar-refractivity contribution is 9.10. The highest BCUT2D eigenvalue weighted by atomic mass is 79.9. The maximum atomic E-state index is 10.9. The van der Waals surface area contributed by atoms with Gasteiger partial charge in [0.1, 0.15) is 17.5 Å². The van der Waals surface area contributed by atoms with Crippen molar-refractivity contribution in [2.75, 3.05) is 0 Å². The number of nitrogens with zero attached hydrogens (tertiary/aromatic N) is 3. The second-order valence-corrected chi connectivity index (χ2v) is 4.24. The lowest BCUT2D eigenvalue weighted by molar-refractivity contribution is 0.0696. The van der Waals surface area contributed by atoms with E-state index < -0.39 is 5.97 Å². The molecule has 0 aliphatic carbocycles. The molecule has 0 unspecified atom stereocenters. The first-order valence-corrected chi connectivity index (χ1v) is 5.83. The number of rotatable bonds is 3. The Bertz CT molecular complexity index is 682. The molecule has 1 N–H and O–H groups in total. The average molecular weight is 320 g/mol. The summed E-state index contributed by atoms with van der Waals surface area (Å²) in [7, 11) is 0. The van der Waals surface area contributed by atoms with Crippen molar-refractivity contribution >= 4 is 21.9 Å². The summed E-state index contributed by atoms with van der Waals surface area (Å²) < 4.78 is 5.92. The minimum absolute atomic E-state index is 0.0257. The van der Waals surface area contributed by atoms with Gasteiger partial charge in [-0.05, 0) is 40.2 Å². The minimum Gasteiger partial charge on any atom is -0.478 e. The Hall–Kier alpha value is -2.46. The van der Waals surface area contributed by atoms with Gasteiger partial charge >= 0.3 is 12.0 Å². The highest BCUT2D eigenvalue weighted by Crippen LogP contribution is 2.29. The maximum absolute atomic E-state index is 10.9.